The Hall–Kier alpha value is -1.27. The monoisotopic (exact) mass is 315 g/mol. The number of rotatable bonds is 4. The smallest absolute Gasteiger partial charge is 0.369 e. The summed E-state index contributed by atoms with van der Waals surface area (Å²) < 4.78 is 39.0. The maximum absolute atomic E-state index is 13.0. The van der Waals surface area contributed by atoms with Crippen LogP contribution < -0.4 is 16.0 Å². The Balaban J connectivity index is 2.38. The number of hydrogen-bond donors (Lipinski definition) is 2. The summed E-state index contributed by atoms with van der Waals surface area (Å²) in [6.07, 6.45) is -3.67. The van der Waals surface area contributed by atoms with Crippen molar-refractivity contribution in [2.45, 2.75) is 32.5 Å². The molecule has 1 atom stereocenters. The van der Waals surface area contributed by atoms with E-state index in [4.69, 9.17) is 5.73 Å². The highest BCUT2D eigenvalue weighted by molar-refractivity contribution is 5.57. The molecule has 6 heteroatoms. The molecular formula is C16H24F3N3. The molecule has 1 aliphatic rings. The van der Waals surface area contributed by atoms with Crippen LogP contribution in [0.15, 0.2) is 18.2 Å². The van der Waals surface area contributed by atoms with Gasteiger partial charge in [0, 0.05) is 37.9 Å². The average Bonchev–Trinajstić information content (AvgIpc) is 2.46. The second-order valence-corrected chi connectivity index (χ2v) is 6.24. The molecule has 1 heterocycles. The first-order valence-electron chi connectivity index (χ1n) is 7.71. The lowest BCUT2D eigenvalue weighted by molar-refractivity contribution is -0.137. The van der Waals surface area contributed by atoms with Crippen molar-refractivity contribution in [3.63, 3.8) is 0 Å². The molecule has 0 spiro atoms. The van der Waals surface area contributed by atoms with Crippen LogP contribution >= 0.6 is 0 Å². The lowest BCUT2D eigenvalue weighted by atomic mass is 9.94. The second-order valence-electron chi connectivity index (χ2n) is 6.24. The third-order valence-corrected chi connectivity index (χ3v) is 3.94. The van der Waals surface area contributed by atoms with E-state index in [1.807, 2.05) is 13.8 Å². The number of nitrogens with one attached hydrogen (secondary N) is 1. The Morgan fingerprint density at radius 1 is 1.23 bits per heavy atom. The van der Waals surface area contributed by atoms with Crippen LogP contribution in [0, 0.1) is 5.92 Å². The van der Waals surface area contributed by atoms with Crippen molar-refractivity contribution in [3.8, 4) is 0 Å². The van der Waals surface area contributed by atoms with Gasteiger partial charge >= 0.3 is 6.18 Å². The summed E-state index contributed by atoms with van der Waals surface area (Å²) in [6.45, 7) is 7.29. The summed E-state index contributed by atoms with van der Waals surface area (Å²) >= 11 is 0. The summed E-state index contributed by atoms with van der Waals surface area (Å²) in [5, 5.41) is 3.25. The fourth-order valence-corrected chi connectivity index (χ4v) is 2.86. The van der Waals surface area contributed by atoms with Gasteiger partial charge in [0.15, 0.2) is 0 Å². The van der Waals surface area contributed by atoms with Crippen molar-refractivity contribution in [1.29, 1.82) is 0 Å². The standard InChI is InChI=1S/C16H24F3N3/c1-11(2)9-14(20)13-10-12(16(17,18)19)3-4-15(13)22-7-5-21-6-8-22/h3-4,10-11,14,21H,5-9,20H2,1-2H3. The SMILES string of the molecule is CC(C)CC(N)c1cc(C(F)(F)F)ccc1N1CCNCC1. The van der Waals surface area contributed by atoms with E-state index in [1.54, 1.807) is 6.07 Å². The summed E-state index contributed by atoms with van der Waals surface area (Å²) in [4.78, 5) is 2.12. The van der Waals surface area contributed by atoms with E-state index in [2.05, 4.69) is 10.2 Å². The maximum Gasteiger partial charge on any atom is 0.416 e. The van der Waals surface area contributed by atoms with Crippen LogP contribution in [-0.4, -0.2) is 26.2 Å². The molecular weight excluding hydrogens is 291 g/mol. The van der Waals surface area contributed by atoms with E-state index >= 15 is 0 Å². The zero-order valence-corrected chi connectivity index (χ0v) is 13.1. The highest BCUT2D eigenvalue weighted by atomic mass is 19.4. The molecule has 0 amide bonds. The Labute approximate surface area is 129 Å². The van der Waals surface area contributed by atoms with Crippen molar-refractivity contribution in [3.05, 3.63) is 29.3 Å². The van der Waals surface area contributed by atoms with Gasteiger partial charge in [0.25, 0.3) is 0 Å². The van der Waals surface area contributed by atoms with Crippen LogP contribution in [0.25, 0.3) is 0 Å². The first kappa shape index (κ1) is 17.1. The van der Waals surface area contributed by atoms with Crippen molar-refractivity contribution < 1.29 is 13.2 Å². The molecule has 1 aliphatic heterocycles. The summed E-state index contributed by atoms with van der Waals surface area (Å²) in [6, 6.07) is 3.57. The van der Waals surface area contributed by atoms with Gasteiger partial charge in [-0.25, -0.2) is 0 Å². The Kier molecular flexibility index (Phi) is 5.34. The molecule has 124 valence electrons. The van der Waals surface area contributed by atoms with E-state index in [9.17, 15) is 13.2 Å². The molecule has 0 radical (unpaired) electrons. The van der Waals surface area contributed by atoms with Crippen LogP contribution in [0.2, 0.25) is 0 Å². The number of nitrogens with two attached hydrogens (primary N) is 1. The number of alkyl halides is 3. The fraction of sp³-hybridized carbons (Fsp3) is 0.625. The molecule has 3 nitrogen and oxygen atoms in total. The first-order valence-corrected chi connectivity index (χ1v) is 7.71. The zero-order chi connectivity index (χ0) is 16.3. The quantitative estimate of drug-likeness (QED) is 0.897. The minimum atomic E-state index is -4.34. The molecule has 0 saturated carbocycles. The molecule has 0 aliphatic carbocycles. The topological polar surface area (TPSA) is 41.3 Å². The summed E-state index contributed by atoms with van der Waals surface area (Å²) in [5.41, 5.74) is 7.02. The summed E-state index contributed by atoms with van der Waals surface area (Å²) in [5.74, 6) is 0.334. The minimum absolute atomic E-state index is 0.334. The van der Waals surface area contributed by atoms with Crippen molar-refractivity contribution in [1.82, 2.24) is 5.32 Å². The third kappa shape index (κ3) is 4.14. The van der Waals surface area contributed by atoms with E-state index in [0.29, 0.717) is 17.9 Å². The molecule has 22 heavy (non-hydrogen) atoms. The third-order valence-electron chi connectivity index (χ3n) is 3.94. The van der Waals surface area contributed by atoms with E-state index < -0.39 is 11.7 Å². The average molecular weight is 315 g/mol. The van der Waals surface area contributed by atoms with Gasteiger partial charge in [-0.3, -0.25) is 0 Å². The zero-order valence-electron chi connectivity index (χ0n) is 13.1. The van der Waals surface area contributed by atoms with Gasteiger partial charge in [0.1, 0.15) is 0 Å². The summed E-state index contributed by atoms with van der Waals surface area (Å²) in [7, 11) is 0. The number of benzene rings is 1. The molecule has 2 rings (SSSR count). The molecule has 1 unspecified atom stereocenters. The van der Waals surface area contributed by atoms with Crippen LogP contribution in [0.5, 0.6) is 0 Å². The molecule has 1 aromatic rings. The fourth-order valence-electron chi connectivity index (χ4n) is 2.86. The number of halogens is 3. The molecule has 3 N–H and O–H groups in total. The Morgan fingerprint density at radius 3 is 2.41 bits per heavy atom. The Morgan fingerprint density at radius 2 is 1.86 bits per heavy atom. The maximum atomic E-state index is 13.0. The van der Waals surface area contributed by atoms with E-state index in [-0.39, 0.29) is 6.04 Å². The number of piperazine rings is 1. The van der Waals surface area contributed by atoms with Crippen LogP contribution in [0.1, 0.15) is 37.4 Å². The van der Waals surface area contributed by atoms with Gasteiger partial charge < -0.3 is 16.0 Å². The van der Waals surface area contributed by atoms with Gasteiger partial charge in [-0.1, -0.05) is 13.8 Å². The predicted octanol–water partition coefficient (Wildman–Crippen LogP) is 3.16. The molecule has 1 aromatic carbocycles. The largest absolute Gasteiger partial charge is 0.416 e. The van der Waals surface area contributed by atoms with Crippen LogP contribution in [0.3, 0.4) is 0 Å². The minimum Gasteiger partial charge on any atom is -0.369 e. The molecule has 0 aromatic heterocycles. The lowest BCUT2D eigenvalue weighted by Crippen LogP contribution is -2.44. The predicted molar refractivity (Wildman–Crippen MR) is 82.9 cm³/mol. The van der Waals surface area contributed by atoms with Gasteiger partial charge in [-0.15, -0.1) is 0 Å². The van der Waals surface area contributed by atoms with Gasteiger partial charge in [0.2, 0.25) is 0 Å². The number of nitrogens with zero attached hydrogens (tertiary/aromatic N) is 1. The van der Waals surface area contributed by atoms with Crippen molar-refractivity contribution >= 4 is 5.69 Å². The highest BCUT2D eigenvalue weighted by Crippen LogP contribution is 2.36. The van der Waals surface area contributed by atoms with Crippen molar-refractivity contribution in [2.24, 2.45) is 11.7 Å². The Bertz CT molecular complexity index is 494. The van der Waals surface area contributed by atoms with Crippen LogP contribution in [0.4, 0.5) is 18.9 Å². The lowest BCUT2D eigenvalue weighted by Gasteiger charge is -2.33. The van der Waals surface area contributed by atoms with Gasteiger partial charge in [-0.2, -0.15) is 13.2 Å². The van der Waals surface area contributed by atoms with Crippen LogP contribution in [-0.2, 0) is 6.18 Å². The normalized spacial score (nSPS) is 17.9. The molecule has 1 saturated heterocycles. The highest BCUT2D eigenvalue weighted by Gasteiger charge is 2.32. The number of anilines is 1. The van der Waals surface area contributed by atoms with Crippen molar-refractivity contribution in [2.75, 3.05) is 31.1 Å². The van der Waals surface area contributed by atoms with E-state index in [0.717, 1.165) is 37.9 Å². The molecule has 0 bridgehead atoms. The number of hydrogen-bond acceptors (Lipinski definition) is 3. The van der Waals surface area contributed by atoms with Gasteiger partial charge in [0.05, 0.1) is 5.56 Å². The van der Waals surface area contributed by atoms with Gasteiger partial charge in [-0.05, 0) is 36.1 Å². The first-order chi connectivity index (χ1) is 10.3. The van der Waals surface area contributed by atoms with E-state index in [1.165, 1.54) is 6.07 Å². The second kappa shape index (κ2) is 6.87. The molecule has 1 fully saturated rings.